The second-order valence-corrected chi connectivity index (χ2v) is 4.52. The molecular formula is C11H13ClFNO. The van der Waals surface area contributed by atoms with Crippen LogP contribution < -0.4 is 5.73 Å². The zero-order chi connectivity index (χ0) is 11.1. The van der Waals surface area contributed by atoms with Gasteiger partial charge in [0.2, 0.25) is 0 Å². The van der Waals surface area contributed by atoms with Crippen molar-refractivity contribution in [3.05, 3.63) is 34.6 Å². The van der Waals surface area contributed by atoms with Crippen molar-refractivity contribution in [1.29, 1.82) is 0 Å². The van der Waals surface area contributed by atoms with E-state index < -0.39 is 0 Å². The summed E-state index contributed by atoms with van der Waals surface area (Å²) in [6.45, 7) is 0.345. The average molecular weight is 230 g/mol. The second kappa shape index (κ2) is 3.74. The fourth-order valence-corrected chi connectivity index (χ4v) is 2.36. The lowest BCUT2D eigenvalue weighted by molar-refractivity contribution is 0.211. The van der Waals surface area contributed by atoms with Gasteiger partial charge in [-0.3, -0.25) is 0 Å². The molecule has 0 aromatic heterocycles. The van der Waals surface area contributed by atoms with Crippen LogP contribution in [-0.2, 0) is 0 Å². The van der Waals surface area contributed by atoms with Crippen molar-refractivity contribution in [2.24, 2.45) is 11.1 Å². The summed E-state index contributed by atoms with van der Waals surface area (Å²) in [5.41, 5.74) is 5.73. The highest BCUT2D eigenvalue weighted by Crippen LogP contribution is 2.59. The highest BCUT2D eigenvalue weighted by Gasteiger charge is 2.54. The number of hydrogen-bond acceptors (Lipinski definition) is 2. The Morgan fingerprint density at radius 2 is 2.33 bits per heavy atom. The van der Waals surface area contributed by atoms with E-state index in [1.807, 2.05) is 0 Å². The first kappa shape index (κ1) is 10.9. The van der Waals surface area contributed by atoms with E-state index in [0.717, 1.165) is 0 Å². The Morgan fingerprint density at radius 1 is 1.60 bits per heavy atom. The minimum absolute atomic E-state index is 0.0150. The summed E-state index contributed by atoms with van der Waals surface area (Å²) in [6.07, 6.45) is 0.709. The minimum Gasteiger partial charge on any atom is -0.396 e. The molecule has 0 bridgehead atoms. The summed E-state index contributed by atoms with van der Waals surface area (Å²) in [5.74, 6) is -0.350. The molecular weight excluding hydrogens is 217 g/mol. The van der Waals surface area contributed by atoms with Gasteiger partial charge in [0.1, 0.15) is 5.82 Å². The Hall–Kier alpha value is -0.640. The molecule has 0 unspecified atom stereocenters. The molecule has 0 saturated heterocycles. The van der Waals surface area contributed by atoms with Crippen molar-refractivity contribution < 1.29 is 9.50 Å². The van der Waals surface area contributed by atoms with E-state index in [4.69, 9.17) is 17.3 Å². The van der Waals surface area contributed by atoms with Gasteiger partial charge < -0.3 is 10.8 Å². The third-order valence-corrected chi connectivity index (χ3v) is 3.59. The fourth-order valence-electron chi connectivity index (χ4n) is 2.06. The molecule has 0 spiro atoms. The van der Waals surface area contributed by atoms with Crippen LogP contribution in [0.2, 0.25) is 5.02 Å². The maximum Gasteiger partial charge on any atom is 0.128 e. The Kier molecular flexibility index (Phi) is 2.71. The SMILES string of the molecule is NC[C@]1(CO)C[C@H]1c1c(F)cccc1Cl. The zero-order valence-electron chi connectivity index (χ0n) is 8.21. The Labute approximate surface area is 92.9 Å². The summed E-state index contributed by atoms with van der Waals surface area (Å²) in [4.78, 5) is 0. The van der Waals surface area contributed by atoms with E-state index in [-0.39, 0.29) is 23.8 Å². The van der Waals surface area contributed by atoms with Gasteiger partial charge in [0, 0.05) is 22.5 Å². The van der Waals surface area contributed by atoms with Crippen molar-refractivity contribution in [1.82, 2.24) is 0 Å². The van der Waals surface area contributed by atoms with Crippen LogP contribution in [0, 0.1) is 11.2 Å². The molecule has 82 valence electrons. The van der Waals surface area contributed by atoms with Crippen LogP contribution in [0.4, 0.5) is 4.39 Å². The van der Waals surface area contributed by atoms with E-state index in [1.165, 1.54) is 6.07 Å². The zero-order valence-corrected chi connectivity index (χ0v) is 8.97. The van der Waals surface area contributed by atoms with Crippen molar-refractivity contribution >= 4 is 11.6 Å². The third-order valence-electron chi connectivity index (χ3n) is 3.26. The van der Waals surface area contributed by atoms with Crippen LogP contribution in [0.5, 0.6) is 0 Å². The molecule has 1 fully saturated rings. The highest BCUT2D eigenvalue weighted by atomic mass is 35.5. The summed E-state index contributed by atoms with van der Waals surface area (Å²) >= 11 is 5.94. The normalized spacial score (nSPS) is 29.2. The maximum absolute atomic E-state index is 13.6. The van der Waals surface area contributed by atoms with Crippen LogP contribution in [0.1, 0.15) is 17.9 Å². The minimum atomic E-state index is -0.355. The molecule has 0 amide bonds. The van der Waals surface area contributed by atoms with Gasteiger partial charge >= 0.3 is 0 Å². The lowest BCUT2D eigenvalue weighted by Crippen LogP contribution is -2.21. The molecule has 2 rings (SSSR count). The predicted octanol–water partition coefficient (Wildman–Crippen LogP) is 1.90. The van der Waals surface area contributed by atoms with Crippen molar-refractivity contribution in [3.8, 4) is 0 Å². The largest absolute Gasteiger partial charge is 0.396 e. The van der Waals surface area contributed by atoms with Gasteiger partial charge in [-0.15, -0.1) is 0 Å². The topological polar surface area (TPSA) is 46.2 Å². The van der Waals surface area contributed by atoms with Gasteiger partial charge in [-0.1, -0.05) is 17.7 Å². The summed E-state index contributed by atoms with van der Waals surface area (Å²) in [5, 5.41) is 9.64. The predicted molar refractivity (Wildman–Crippen MR) is 57.3 cm³/mol. The Morgan fingerprint density at radius 3 is 2.80 bits per heavy atom. The first-order chi connectivity index (χ1) is 7.14. The molecule has 2 atom stereocenters. The summed E-state index contributed by atoms with van der Waals surface area (Å²) in [6, 6.07) is 4.63. The number of nitrogens with two attached hydrogens (primary N) is 1. The standard InChI is InChI=1S/C11H13ClFNO/c12-8-2-1-3-9(13)10(8)7-4-11(7,5-14)6-15/h1-3,7,15H,4-6,14H2/t7-,11-/m0/s1. The van der Waals surface area contributed by atoms with Crippen molar-refractivity contribution in [2.45, 2.75) is 12.3 Å². The molecule has 1 aromatic rings. The quantitative estimate of drug-likeness (QED) is 0.832. The van der Waals surface area contributed by atoms with Gasteiger partial charge in [-0.25, -0.2) is 4.39 Å². The highest BCUT2D eigenvalue weighted by molar-refractivity contribution is 6.31. The average Bonchev–Trinajstić information content (AvgIpc) is 2.93. The molecule has 2 nitrogen and oxygen atoms in total. The molecule has 4 heteroatoms. The molecule has 0 aliphatic heterocycles. The van der Waals surface area contributed by atoms with E-state index in [1.54, 1.807) is 12.1 Å². The van der Waals surface area contributed by atoms with Crippen molar-refractivity contribution in [2.75, 3.05) is 13.2 Å². The number of rotatable bonds is 3. The smallest absolute Gasteiger partial charge is 0.128 e. The van der Waals surface area contributed by atoms with Gasteiger partial charge in [-0.05, 0) is 24.5 Å². The van der Waals surface area contributed by atoms with E-state index in [2.05, 4.69) is 0 Å². The van der Waals surface area contributed by atoms with Crippen LogP contribution in [0.25, 0.3) is 0 Å². The molecule has 1 aliphatic carbocycles. The lowest BCUT2D eigenvalue weighted by Gasteiger charge is -2.12. The molecule has 0 heterocycles. The number of hydrogen-bond donors (Lipinski definition) is 2. The van der Waals surface area contributed by atoms with E-state index in [0.29, 0.717) is 23.6 Å². The maximum atomic E-state index is 13.6. The number of halogens is 2. The third kappa shape index (κ3) is 1.65. The first-order valence-electron chi connectivity index (χ1n) is 4.89. The second-order valence-electron chi connectivity index (χ2n) is 4.12. The number of aliphatic hydroxyl groups is 1. The van der Waals surface area contributed by atoms with Crippen LogP contribution in [0.3, 0.4) is 0 Å². The molecule has 1 aromatic carbocycles. The molecule has 1 aliphatic rings. The molecule has 3 N–H and O–H groups in total. The Balaban J connectivity index is 2.34. The molecule has 0 radical (unpaired) electrons. The summed E-state index contributed by atoms with van der Waals surface area (Å²) < 4.78 is 13.6. The van der Waals surface area contributed by atoms with E-state index >= 15 is 0 Å². The monoisotopic (exact) mass is 229 g/mol. The van der Waals surface area contributed by atoms with Crippen LogP contribution >= 0.6 is 11.6 Å². The fraction of sp³-hybridized carbons (Fsp3) is 0.455. The van der Waals surface area contributed by atoms with Crippen molar-refractivity contribution in [3.63, 3.8) is 0 Å². The van der Waals surface area contributed by atoms with Gasteiger partial charge in [0.15, 0.2) is 0 Å². The van der Waals surface area contributed by atoms with Gasteiger partial charge in [-0.2, -0.15) is 0 Å². The number of aliphatic hydroxyl groups excluding tert-OH is 1. The summed E-state index contributed by atoms with van der Waals surface area (Å²) in [7, 11) is 0. The molecule has 15 heavy (non-hydrogen) atoms. The first-order valence-corrected chi connectivity index (χ1v) is 5.27. The molecule has 1 saturated carbocycles. The van der Waals surface area contributed by atoms with Crippen LogP contribution in [0.15, 0.2) is 18.2 Å². The van der Waals surface area contributed by atoms with Gasteiger partial charge in [0.25, 0.3) is 0 Å². The van der Waals surface area contributed by atoms with Gasteiger partial charge in [0.05, 0.1) is 6.61 Å². The Bertz CT molecular complexity index is 359. The number of benzene rings is 1. The lowest BCUT2D eigenvalue weighted by atomic mass is 9.99. The van der Waals surface area contributed by atoms with Crippen LogP contribution in [-0.4, -0.2) is 18.3 Å². The van der Waals surface area contributed by atoms with E-state index in [9.17, 15) is 9.50 Å².